The zero-order chi connectivity index (χ0) is 15.6. The van der Waals surface area contributed by atoms with Gasteiger partial charge in [-0.25, -0.2) is 9.59 Å². The molecule has 9 nitrogen and oxygen atoms in total. The van der Waals surface area contributed by atoms with Crippen molar-refractivity contribution in [1.29, 1.82) is 0 Å². The van der Waals surface area contributed by atoms with Crippen LogP contribution in [0.4, 0.5) is 9.59 Å². The fraction of sp³-hybridized carbons (Fsp3) is 0.818. The molecular formula is C11H16O9S. The van der Waals surface area contributed by atoms with Gasteiger partial charge in [-0.15, -0.1) is 0 Å². The lowest BCUT2D eigenvalue weighted by atomic mass is 9.86. The Morgan fingerprint density at radius 1 is 1.14 bits per heavy atom. The van der Waals surface area contributed by atoms with E-state index in [4.69, 9.17) is 23.1 Å². The lowest BCUT2D eigenvalue weighted by Gasteiger charge is -2.28. The van der Waals surface area contributed by atoms with Crippen LogP contribution in [0.3, 0.4) is 0 Å². The molecule has 2 fully saturated rings. The Bertz CT molecular complexity index is 514. The third-order valence-corrected chi connectivity index (χ3v) is 4.00. The quantitative estimate of drug-likeness (QED) is 0.502. The SMILES string of the molecule is CC(C1COC(=O)O1)C(COS(C)(=O)=O)C1COC(=O)O1. The van der Waals surface area contributed by atoms with E-state index >= 15 is 0 Å². The van der Waals surface area contributed by atoms with E-state index in [1.807, 2.05) is 0 Å². The highest BCUT2D eigenvalue weighted by Crippen LogP contribution is 2.29. The first kappa shape index (κ1) is 15.8. The largest absolute Gasteiger partial charge is 0.508 e. The van der Waals surface area contributed by atoms with E-state index < -0.39 is 40.6 Å². The summed E-state index contributed by atoms with van der Waals surface area (Å²) in [6.07, 6.45) is -1.92. The van der Waals surface area contributed by atoms with Crippen LogP contribution in [-0.4, -0.2) is 59.0 Å². The number of hydrogen-bond acceptors (Lipinski definition) is 9. The molecule has 10 heteroatoms. The third-order valence-electron chi connectivity index (χ3n) is 3.44. The minimum atomic E-state index is -3.65. The van der Waals surface area contributed by atoms with E-state index in [-0.39, 0.29) is 25.7 Å². The van der Waals surface area contributed by atoms with Crippen LogP contribution in [0.15, 0.2) is 0 Å². The molecule has 0 bridgehead atoms. The van der Waals surface area contributed by atoms with Gasteiger partial charge in [0.1, 0.15) is 25.4 Å². The Hall–Kier alpha value is -1.55. The van der Waals surface area contributed by atoms with Gasteiger partial charge in [-0.2, -0.15) is 8.42 Å². The molecule has 0 amide bonds. The van der Waals surface area contributed by atoms with E-state index in [0.29, 0.717) is 0 Å². The Morgan fingerprint density at radius 2 is 1.67 bits per heavy atom. The molecule has 4 unspecified atom stereocenters. The molecule has 0 N–H and O–H groups in total. The highest BCUT2D eigenvalue weighted by molar-refractivity contribution is 7.85. The zero-order valence-corrected chi connectivity index (χ0v) is 12.3. The molecule has 4 atom stereocenters. The van der Waals surface area contributed by atoms with Crippen LogP contribution in [0, 0.1) is 11.8 Å². The van der Waals surface area contributed by atoms with Gasteiger partial charge in [0.15, 0.2) is 0 Å². The van der Waals surface area contributed by atoms with Crippen LogP contribution in [0.5, 0.6) is 0 Å². The van der Waals surface area contributed by atoms with Gasteiger partial charge >= 0.3 is 12.3 Å². The fourth-order valence-corrected chi connectivity index (χ4v) is 2.63. The van der Waals surface area contributed by atoms with E-state index in [9.17, 15) is 18.0 Å². The maximum atomic E-state index is 11.1. The van der Waals surface area contributed by atoms with Crippen LogP contribution >= 0.6 is 0 Å². The van der Waals surface area contributed by atoms with Crippen molar-refractivity contribution >= 4 is 22.4 Å². The Morgan fingerprint density at radius 3 is 2.10 bits per heavy atom. The van der Waals surface area contributed by atoms with Gasteiger partial charge in [-0.3, -0.25) is 4.18 Å². The number of carbonyl (C=O) groups is 2. The zero-order valence-electron chi connectivity index (χ0n) is 11.5. The first-order valence-electron chi connectivity index (χ1n) is 6.27. The molecule has 2 saturated heterocycles. The summed E-state index contributed by atoms with van der Waals surface area (Å²) in [6, 6.07) is 0. The topological polar surface area (TPSA) is 114 Å². The maximum absolute atomic E-state index is 11.1. The molecule has 0 aliphatic carbocycles. The smallest absolute Gasteiger partial charge is 0.430 e. The average molecular weight is 324 g/mol. The first-order chi connectivity index (χ1) is 9.76. The second-order valence-electron chi connectivity index (χ2n) is 4.95. The predicted octanol–water partition coefficient (Wildman–Crippen LogP) is 0.286. The molecule has 0 aromatic carbocycles. The van der Waals surface area contributed by atoms with Crippen LogP contribution in [-0.2, 0) is 33.2 Å². The summed E-state index contributed by atoms with van der Waals surface area (Å²) < 4.78 is 46.4. The monoisotopic (exact) mass is 324 g/mol. The molecule has 120 valence electrons. The second kappa shape index (κ2) is 6.06. The van der Waals surface area contributed by atoms with Gasteiger partial charge in [0, 0.05) is 11.8 Å². The average Bonchev–Trinajstić information content (AvgIpc) is 2.97. The fourth-order valence-electron chi connectivity index (χ4n) is 2.23. The van der Waals surface area contributed by atoms with Crippen molar-refractivity contribution < 1.29 is 41.1 Å². The van der Waals surface area contributed by atoms with Gasteiger partial charge in [-0.1, -0.05) is 6.92 Å². The lowest BCUT2D eigenvalue weighted by molar-refractivity contribution is 0.0132. The molecule has 2 aliphatic rings. The molecule has 0 radical (unpaired) electrons. The Balaban J connectivity index is 2.06. The third kappa shape index (κ3) is 4.21. The number of carbonyl (C=O) groups excluding carboxylic acids is 2. The summed E-state index contributed by atoms with van der Waals surface area (Å²) in [6.45, 7) is 1.56. The second-order valence-corrected chi connectivity index (χ2v) is 6.59. The molecule has 0 aromatic heterocycles. The van der Waals surface area contributed by atoms with E-state index in [2.05, 4.69) is 0 Å². The summed E-state index contributed by atoms with van der Waals surface area (Å²) in [5, 5.41) is 0. The van der Waals surface area contributed by atoms with Crippen molar-refractivity contribution in [3.05, 3.63) is 0 Å². The normalized spacial score (nSPS) is 28.3. The van der Waals surface area contributed by atoms with Crippen LogP contribution < -0.4 is 0 Å². The van der Waals surface area contributed by atoms with Crippen molar-refractivity contribution in [2.45, 2.75) is 19.1 Å². The maximum Gasteiger partial charge on any atom is 0.508 e. The highest BCUT2D eigenvalue weighted by Gasteiger charge is 2.42. The van der Waals surface area contributed by atoms with E-state index in [1.165, 1.54) is 0 Å². The summed E-state index contributed by atoms with van der Waals surface area (Å²) in [4.78, 5) is 22.0. The van der Waals surface area contributed by atoms with Crippen molar-refractivity contribution in [3.63, 3.8) is 0 Å². The first-order valence-corrected chi connectivity index (χ1v) is 8.09. The minimum absolute atomic E-state index is 0.0114. The number of hydrogen-bond donors (Lipinski definition) is 0. The van der Waals surface area contributed by atoms with Gasteiger partial charge in [0.2, 0.25) is 0 Å². The predicted molar refractivity (Wildman–Crippen MR) is 65.9 cm³/mol. The van der Waals surface area contributed by atoms with Crippen LogP contribution in [0.25, 0.3) is 0 Å². The van der Waals surface area contributed by atoms with Crippen LogP contribution in [0.2, 0.25) is 0 Å². The minimum Gasteiger partial charge on any atom is -0.430 e. The van der Waals surface area contributed by atoms with E-state index in [1.54, 1.807) is 6.92 Å². The molecule has 0 aromatic rings. The number of rotatable bonds is 6. The number of cyclic esters (lactones) is 4. The molecule has 0 spiro atoms. The van der Waals surface area contributed by atoms with Gasteiger partial charge in [0.05, 0.1) is 12.9 Å². The summed E-state index contributed by atoms with van der Waals surface area (Å²) in [5.74, 6) is -0.872. The van der Waals surface area contributed by atoms with Gasteiger partial charge < -0.3 is 18.9 Å². The van der Waals surface area contributed by atoms with Crippen molar-refractivity contribution in [3.8, 4) is 0 Å². The molecule has 21 heavy (non-hydrogen) atoms. The van der Waals surface area contributed by atoms with Gasteiger partial charge in [-0.05, 0) is 0 Å². The molecule has 2 heterocycles. The Kier molecular flexibility index (Phi) is 4.57. The summed E-state index contributed by atoms with van der Waals surface area (Å²) in [7, 11) is -3.65. The van der Waals surface area contributed by atoms with Crippen molar-refractivity contribution in [1.82, 2.24) is 0 Å². The summed E-state index contributed by atoms with van der Waals surface area (Å²) in [5.41, 5.74) is 0. The Labute approximate surface area is 121 Å². The molecule has 2 aliphatic heterocycles. The molecule has 0 saturated carbocycles. The highest BCUT2D eigenvalue weighted by atomic mass is 32.2. The van der Waals surface area contributed by atoms with E-state index in [0.717, 1.165) is 6.26 Å². The standard InChI is InChI=1S/C11H16O9S/c1-6(8-4-16-10(12)19-8)7(3-18-21(2,14)15)9-5-17-11(13)20-9/h6-9H,3-5H2,1-2H3. The van der Waals surface area contributed by atoms with Gasteiger partial charge in [0.25, 0.3) is 10.1 Å². The number of ether oxygens (including phenoxy) is 4. The van der Waals surface area contributed by atoms with Crippen LogP contribution in [0.1, 0.15) is 6.92 Å². The summed E-state index contributed by atoms with van der Waals surface area (Å²) >= 11 is 0. The molecule has 2 rings (SSSR count). The molecular weight excluding hydrogens is 308 g/mol. The van der Waals surface area contributed by atoms with Crippen molar-refractivity contribution in [2.24, 2.45) is 11.8 Å². The van der Waals surface area contributed by atoms with Crippen molar-refractivity contribution in [2.75, 3.05) is 26.1 Å². The lowest BCUT2D eigenvalue weighted by Crippen LogP contribution is -2.39.